The van der Waals surface area contributed by atoms with Gasteiger partial charge in [-0.2, -0.15) is 0 Å². The number of ether oxygens (including phenoxy) is 1. The smallest absolute Gasteiger partial charge is 0.217 e. The molecule has 1 fully saturated rings. The van der Waals surface area contributed by atoms with E-state index in [-0.39, 0.29) is 18.1 Å². The van der Waals surface area contributed by atoms with E-state index in [0.29, 0.717) is 6.42 Å². The molecule has 1 heterocycles. The van der Waals surface area contributed by atoms with Gasteiger partial charge in [0.25, 0.3) is 0 Å². The maximum absolute atomic E-state index is 10.7. The lowest BCUT2D eigenvalue weighted by atomic mass is 10.1. The van der Waals surface area contributed by atoms with Crippen LogP contribution in [0.3, 0.4) is 0 Å². The molecule has 1 aliphatic rings. The number of nitrogens with one attached hydrogen (secondary N) is 1. The molecule has 0 aliphatic carbocycles. The van der Waals surface area contributed by atoms with Gasteiger partial charge in [0.2, 0.25) is 5.91 Å². The molecule has 76 valence electrons. The van der Waals surface area contributed by atoms with E-state index in [0.717, 1.165) is 0 Å². The standard InChI is InChI=1S/C8H15NO4/c1-4(9-5(2)10)7-3-6(11)8(12)13-7/h4,6-8,11-12H,3H2,1-2H3,(H,9,10)/t4-,6-,7-,8?/m1/s1. The topological polar surface area (TPSA) is 78.8 Å². The highest BCUT2D eigenvalue weighted by molar-refractivity contribution is 5.73. The van der Waals surface area contributed by atoms with Crippen LogP contribution in [0.15, 0.2) is 0 Å². The molecule has 1 aliphatic heterocycles. The van der Waals surface area contributed by atoms with Gasteiger partial charge >= 0.3 is 0 Å². The summed E-state index contributed by atoms with van der Waals surface area (Å²) in [5.74, 6) is -0.146. The van der Waals surface area contributed by atoms with Crippen molar-refractivity contribution in [2.75, 3.05) is 0 Å². The molecule has 5 nitrogen and oxygen atoms in total. The van der Waals surface area contributed by atoms with Gasteiger partial charge in [-0.25, -0.2) is 0 Å². The Bertz CT molecular complexity index is 187. The van der Waals surface area contributed by atoms with Gasteiger partial charge in [0.05, 0.1) is 12.1 Å². The zero-order valence-electron chi connectivity index (χ0n) is 7.73. The minimum atomic E-state index is -1.12. The van der Waals surface area contributed by atoms with Crippen molar-refractivity contribution in [3.63, 3.8) is 0 Å². The van der Waals surface area contributed by atoms with Crippen LogP contribution in [0.25, 0.3) is 0 Å². The molecule has 1 amide bonds. The predicted octanol–water partition coefficient (Wildman–Crippen LogP) is -1.02. The van der Waals surface area contributed by atoms with Crippen LogP contribution in [0.1, 0.15) is 20.3 Å². The Balaban J connectivity index is 2.41. The summed E-state index contributed by atoms with van der Waals surface area (Å²) in [6, 6.07) is -0.190. The third-order valence-corrected chi connectivity index (χ3v) is 2.11. The van der Waals surface area contributed by atoms with Crippen molar-refractivity contribution in [3.8, 4) is 0 Å². The lowest BCUT2D eigenvalue weighted by molar-refractivity contribution is -0.135. The van der Waals surface area contributed by atoms with Gasteiger partial charge in [-0.05, 0) is 6.92 Å². The normalized spacial score (nSPS) is 35.8. The minimum absolute atomic E-state index is 0.146. The fourth-order valence-corrected chi connectivity index (χ4v) is 1.42. The fraction of sp³-hybridized carbons (Fsp3) is 0.875. The predicted molar refractivity (Wildman–Crippen MR) is 44.8 cm³/mol. The molecule has 13 heavy (non-hydrogen) atoms. The molecule has 0 spiro atoms. The Morgan fingerprint density at radius 3 is 2.62 bits per heavy atom. The Morgan fingerprint density at radius 2 is 2.23 bits per heavy atom. The first-order chi connectivity index (χ1) is 6.00. The van der Waals surface area contributed by atoms with Crippen LogP contribution in [-0.4, -0.2) is 40.7 Å². The maximum atomic E-state index is 10.7. The monoisotopic (exact) mass is 189 g/mol. The van der Waals surface area contributed by atoms with Crippen molar-refractivity contribution in [1.82, 2.24) is 5.32 Å². The van der Waals surface area contributed by atoms with E-state index in [1.807, 2.05) is 0 Å². The largest absolute Gasteiger partial charge is 0.388 e. The summed E-state index contributed by atoms with van der Waals surface area (Å²) in [4.78, 5) is 10.7. The number of amides is 1. The zero-order valence-corrected chi connectivity index (χ0v) is 7.73. The van der Waals surface area contributed by atoms with E-state index in [1.54, 1.807) is 6.92 Å². The molecule has 1 unspecified atom stereocenters. The molecule has 0 radical (unpaired) electrons. The SMILES string of the molecule is CC(=O)N[C@H](C)[C@H]1C[C@@H](O)C(O)O1. The quantitative estimate of drug-likeness (QED) is 0.519. The summed E-state index contributed by atoms with van der Waals surface area (Å²) in [5.41, 5.74) is 0. The van der Waals surface area contributed by atoms with E-state index < -0.39 is 12.4 Å². The van der Waals surface area contributed by atoms with Gasteiger partial charge in [0.1, 0.15) is 6.10 Å². The summed E-state index contributed by atoms with van der Waals surface area (Å²) in [5, 5.41) is 20.9. The third-order valence-electron chi connectivity index (χ3n) is 2.11. The highest BCUT2D eigenvalue weighted by Gasteiger charge is 2.35. The molecule has 1 rings (SSSR count). The van der Waals surface area contributed by atoms with Crippen molar-refractivity contribution in [3.05, 3.63) is 0 Å². The summed E-state index contributed by atoms with van der Waals surface area (Å²) in [7, 11) is 0. The van der Waals surface area contributed by atoms with Crippen molar-refractivity contribution < 1.29 is 19.7 Å². The fourth-order valence-electron chi connectivity index (χ4n) is 1.42. The second kappa shape index (κ2) is 4.04. The number of hydrogen-bond acceptors (Lipinski definition) is 4. The number of hydrogen-bond donors (Lipinski definition) is 3. The van der Waals surface area contributed by atoms with E-state index in [9.17, 15) is 4.79 Å². The van der Waals surface area contributed by atoms with Gasteiger partial charge in [0, 0.05) is 13.3 Å². The van der Waals surface area contributed by atoms with Crippen LogP contribution in [0.2, 0.25) is 0 Å². The Kier molecular flexibility index (Phi) is 3.24. The molecular formula is C8H15NO4. The van der Waals surface area contributed by atoms with E-state index in [4.69, 9.17) is 14.9 Å². The Labute approximate surface area is 76.7 Å². The van der Waals surface area contributed by atoms with Crippen molar-refractivity contribution in [2.45, 2.75) is 44.8 Å². The molecule has 0 saturated carbocycles. The van der Waals surface area contributed by atoms with E-state index >= 15 is 0 Å². The summed E-state index contributed by atoms with van der Waals surface area (Å²) >= 11 is 0. The number of carbonyl (C=O) groups is 1. The number of carbonyl (C=O) groups excluding carboxylic acids is 1. The van der Waals surface area contributed by atoms with Crippen molar-refractivity contribution in [2.24, 2.45) is 0 Å². The van der Waals surface area contributed by atoms with Crippen LogP contribution in [0.4, 0.5) is 0 Å². The molecule has 4 atom stereocenters. The van der Waals surface area contributed by atoms with E-state index in [2.05, 4.69) is 5.32 Å². The summed E-state index contributed by atoms with van der Waals surface area (Å²) in [6.45, 7) is 3.19. The average Bonchev–Trinajstić information content (AvgIpc) is 2.31. The number of aliphatic hydroxyl groups is 2. The van der Waals surface area contributed by atoms with Crippen molar-refractivity contribution in [1.29, 1.82) is 0 Å². The van der Waals surface area contributed by atoms with Crippen LogP contribution in [-0.2, 0) is 9.53 Å². The molecule has 3 N–H and O–H groups in total. The first-order valence-corrected chi connectivity index (χ1v) is 4.29. The highest BCUT2D eigenvalue weighted by atomic mass is 16.6. The Morgan fingerprint density at radius 1 is 1.62 bits per heavy atom. The molecule has 5 heteroatoms. The van der Waals surface area contributed by atoms with E-state index in [1.165, 1.54) is 6.92 Å². The lowest BCUT2D eigenvalue weighted by Gasteiger charge is -2.18. The summed E-state index contributed by atoms with van der Waals surface area (Å²) in [6.07, 6.45) is -1.93. The van der Waals surface area contributed by atoms with Gasteiger partial charge < -0.3 is 20.3 Å². The minimum Gasteiger partial charge on any atom is -0.388 e. The van der Waals surface area contributed by atoms with Gasteiger partial charge in [-0.3, -0.25) is 4.79 Å². The lowest BCUT2D eigenvalue weighted by Crippen LogP contribution is -2.40. The molecule has 1 saturated heterocycles. The van der Waals surface area contributed by atoms with Crippen LogP contribution in [0.5, 0.6) is 0 Å². The maximum Gasteiger partial charge on any atom is 0.217 e. The number of aliphatic hydroxyl groups excluding tert-OH is 2. The Hall–Kier alpha value is -0.650. The van der Waals surface area contributed by atoms with Gasteiger partial charge in [-0.1, -0.05) is 0 Å². The first kappa shape index (κ1) is 10.4. The van der Waals surface area contributed by atoms with Crippen LogP contribution < -0.4 is 5.32 Å². The second-order valence-electron chi connectivity index (χ2n) is 3.36. The van der Waals surface area contributed by atoms with Gasteiger partial charge in [0.15, 0.2) is 6.29 Å². The number of rotatable bonds is 2. The molecular weight excluding hydrogens is 174 g/mol. The highest BCUT2D eigenvalue weighted by Crippen LogP contribution is 2.20. The molecule has 0 aromatic rings. The van der Waals surface area contributed by atoms with Crippen LogP contribution >= 0.6 is 0 Å². The van der Waals surface area contributed by atoms with Crippen LogP contribution in [0, 0.1) is 0 Å². The second-order valence-corrected chi connectivity index (χ2v) is 3.36. The zero-order chi connectivity index (χ0) is 10.0. The summed E-state index contributed by atoms with van der Waals surface area (Å²) < 4.78 is 5.03. The average molecular weight is 189 g/mol. The molecule has 0 bridgehead atoms. The van der Waals surface area contributed by atoms with Gasteiger partial charge in [-0.15, -0.1) is 0 Å². The first-order valence-electron chi connectivity index (χ1n) is 4.29. The third kappa shape index (κ3) is 2.65. The molecule has 0 aromatic heterocycles. The van der Waals surface area contributed by atoms with Crippen molar-refractivity contribution >= 4 is 5.91 Å². The molecule has 0 aromatic carbocycles.